The molecular weight excluding hydrogens is 328 g/mol. The summed E-state index contributed by atoms with van der Waals surface area (Å²) in [5.41, 5.74) is 2.08. The Morgan fingerprint density at radius 2 is 1.92 bits per heavy atom. The number of rotatable bonds is 5. The zero-order valence-electron chi connectivity index (χ0n) is 12.8. The number of amides is 1. The number of fused-ring (bicyclic) bond motifs is 1. The standard InChI is InChI=1S/C17H14N2O4S/c1-11(20)18-12-6-8-13(9-7-12)22-16(21)10-24-17-19-14-4-2-3-5-15(14)23-17/h2-9H,10H2,1H3,(H,18,20). The fraction of sp³-hybridized carbons (Fsp3) is 0.118. The Morgan fingerprint density at radius 3 is 2.62 bits per heavy atom. The van der Waals surface area contributed by atoms with Gasteiger partial charge >= 0.3 is 5.97 Å². The number of para-hydroxylation sites is 2. The van der Waals surface area contributed by atoms with Gasteiger partial charge < -0.3 is 14.5 Å². The molecule has 2 aromatic carbocycles. The quantitative estimate of drug-likeness (QED) is 0.434. The molecule has 3 rings (SSSR count). The summed E-state index contributed by atoms with van der Waals surface area (Å²) >= 11 is 1.18. The summed E-state index contributed by atoms with van der Waals surface area (Å²) < 4.78 is 10.8. The van der Waals surface area contributed by atoms with Gasteiger partial charge in [-0.05, 0) is 36.4 Å². The summed E-state index contributed by atoms with van der Waals surface area (Å²) in [6.45, 7) is 1.43. The van der Waals surface area contributed by atoms with Gasteiger partial charge in [-0.3, -0.25) is 9.59 Å². The predicted octanol–water partition coefficient (Wildman–Crippen LogP) is 3.48. The van der Waals surface area contributed by atoms with Crippen LogP contribution < -0.4 is 10.1 Å². The van der Waals surface area contributed by atoms with Gasteiger partial charge in [0.05, 0.1) is 0 Å². The summed E-state index contributed by atoms with van der Waals surface area (Å²) in [6.07, 6.45) is 0. The lowest BCUT2D eigenvalue weighted by atomic mass is 10.3. The van der Waals surface area contributed by atoms with Crippen LogP contribution in [0.25, 0.3) is 11.1 Å². The molecule has 0 atom stereocenters. The maximum Gasteiger partial charge on any atom is 0.321 e. The zero-order chi connectivity index (χ0) is 16.9. The topological polar surface area (TPSA) is 81.4 Å². The van der Waals surface area contributed by atoms with Crippen LogP contribution in [0.2, 0.25) is 0 Å². The van der Waals surface area contributed by atoms with Crippen molar-refractivity contribution in [1.29, 1.82) is 0 Å². The maximum atomic E-state index is 11.9. The minimum absolute atomic E-state index is 0.0836. The lowest BCUT2D eigenvalue weighted by Crippen LogP contribution is -2.11. The van der Waals surface area contributed by atoms with E-state index in [-0.39, 0.29) is 11.7 Å². The molecule has 6 nitrogen and oxygen atoms in total. The van der Waals surface area contributed by atoms with Crippen LogP contribution in [0.3, 0.4) is 0 Å². The fourth-order valence-electron chi connectivity index (χ4n) is 2.00. The van der Waals surface area contributed by atoms with Crippen molar-refractivity contribution in [3.8, 4) is 5.75 Å². The molecular formula is C17H14N2O4S. The average molecular weight is 342 g/mol. The molecule has 0 bridgehead atoms. The van der Waals surface area contributed by atoms with Crippen molar-refractivity contribution < 1.29 is 18.7 Å². The molecule has 0 fully saturated rings. The van der Waals surface area contributed by atoms with Crippen molar-refractivity contribution in [2.75, 3.05) is 11.1 Å². The van der Waals surface area contributed by atoms with E-state index in [1.807, 2.05) is 24.3 Å². The molecule has 122 valence electrons. The number of benzene rings is 2. The van der Waals surface area contributed by atoms with E-state index >= 15 is 0 Å². The number of hydrogen-bond acceptors (Lipinski definition) is 6. The van der Waals surface area contributed by atoms with Crippen molar-refractivity contribution in [1.82, 2.24) is 4.98 Å². The van der Waals surface area contributed by atoms with Gasteiger partial charge in [0.25, 0.3) is 5.22 Å². The highest BCUT2D eigenvalue weighted by Gasteiger charge is 2.11. The Morgan fingerprint density at radius 1 is 1.17 bits per heavy atom. The van der Waals surface area contributed by atoms with E-state index in [0.29, 0.717) is 22.2 Å². The number of nitrogens with zero attached hydrogens (tertiary/aromatic N) is 1. The number of thioether (sulfide) groups is 1. The normalized spacial score (nSPS) is 10.5. The van der Waals surface area contributed by atoms with Crippen LogP contribution in [0, 0.1) is 0 Å². The first-order chi connectivity index (χ1) is 11.6. The number of carbonyl (C=O) groups is 2. The summed E-state index contributed by atoms with van der Waals surface area (Å²) in [4.78, 5) is 27.1. The van der Waals surface area contributed by atoms with E-state index in [1.165, 1.54) is 18.7 Å². The van der Waals surface area contributed by atoms with Crippen molar-refractivity contribution >= 4 is 40.4 Å². The van der Waals surface area contributed by atoms with Crippen molar-refractivity contribution in [3.05, 3.63) is 48.5 Å². The van der Waals surface area contributed by atoms with E-state index in [0.717, 1.165) is 5.52 Å². The predicted molar refractivity (Wildman–Crippen MR) is 91.1 cm³/mol. The first-order valence-electron chi connectivity index (χ1n) is 7.17. The third-order valence-electron chi connectivity index (χ3n) is 2.99. The van der Waals surface area contributed by atoms with Gasteiger partial charge in [-0.15, -0.1) is 0 Å². The molecule has 1 aromatic heterocycles. The van der Waals surface area contributed by atoms with Crippen LogP contribution in [-0.2, 0) is 9.59 Å². The number of aromatic nitrogens is 1. The van der Waals surface area contributed by atoms with E-state index in [1.54, 1.807) is 24.3 Å². The average Bonchev–Trinajstić information content (AvgIpc) is 2.97. The first-order valence-corrected chi connectivity index (χ1v) is 8.15. The number of oxazole rings is 1. The number of carbonyl (C=O) groups excluding carboxylic acids is 2. The summed E-state index contributed by atoms with van der Waals surface area (Å²) in [5.74, 6) is -0.0726. The molecule has 0 aliphatic heterocycles. The van der Waals surface area contributed by atoms with E-state index < -0.39 is 5.97 Å². The van der Waals surface area contributed by atoms with Crippen LogP contribution >= 0.6 is 11.8 Å². The lowest BCUT2D eigenvalue weighted by Gasteiger charge is -2.05. The highest BCUT2D eigenvalue weighted by molar-refractivity contribution is 7.99. The number of ether oxygens (including phenoxy) is 1. The maximum absolute atomic E-state index is 11.9. The van der Waals surface area contributed by atoms with Crippen molar-refractivity contribution in [2.45, 2.75) is 12.1 Å². The second kappa shape index (κ2) is 7.18. The Kier molecular flexibility index (Phi) is 4.81. The molecule has 0 spiro atoms. The second-order valence-corrected chi connectivity index (χ2v) is 5.84. The van der Waals surface area contributed by atoms with Gasteiger partial charge in [0, 0.05) is 12.6 Å². The van der Waals surface area contributed by atoms with Crippen LogP contribution in [-0.4, -0.2) is 22.6 Å². The van der Waals surface area contributed by atoms with Gasteiger partial charge in [-0.2, -0.15) is 0 Å². The number of hydrogen-bond donors (Lipinski definition) is 1. The summed E-state index contributed by atoms with van der Waals surface area (Å²) in [5, 5.41) is 3.07. The molecule has 0 aliphatic carbocycles. The minimum atomic E-state index is -0.408. The summed E-state index contributed by atoms with van der Waals surface area (Å²) in [7, 11) is 0. The number of anilines is 1. The number of esters is 1. The smallest absolute Gasteiger partial charge is 0.321 e. The van der Waals surface area contributed by atoms with Crippen LogP contribution in [0.1, 0.15) is 6.92 Å². The largest absolute Gasteiger partial charge is 0.431 e. The van der Waals surface area contributed by atoms with Crippen molar-refractivity contribution in [2.24, 2.45) is 0 Å². The molecule has 24 heavy (non-hydrogen) atoms. The van der Waals surface area contributed by atoms with Crippen molar-refractivity contribution in [3.63, 3.8) is 0 Å². The van der Waals surface area contributed by atoms with Crippen LogP contribution in [0.4, 0.5) is 5.69 Å². The highest BCUT2D eigenvalue weighted by Crippen LogP contribution is 2.23. The lowest BCUT2D eigenvalue weighted by molar-refractivity contribution is -0.131. The first kappa shape index (κ1) is 16.1. The molecule has 7 heteroatoms. The zero-order valence-corrected chi connectivity index (χ0v) is 13.6. The fourth-order valence-corrected chi connectivity index (χ4v) is 2.62. The molecule has 0 saturated heterocycles. The summed E-state index contributed by atoms with van der Waals surface area (Å²) in [6, 6.07) is 14.0. The van der Waals surface area contributed by atoms with Gasteiger partial charge in [0.1, 0.15) is 17.0 Å². The van der Waals surface area contributed by atoms with Gasteiger partial charge in [0.2, 0.25) is 5.91 Å². The third kappa shape index (κ3) is 4.14. The SMILES string of the molecule is CC(=O)Nc1ccc(OC(=O)CSc2nc3ccccc3o2)cc1. The molecule has 0 radical (unpaired) electrons. The van der Waals surface area contributed by atoms with Gasteiger partial charge in [0.15, 0.2) is 5.58 Å². The molecule has 0 saturated carbocycles. The van der Waals surface area contributed by atoms with Gasteiger partial charge in [-0.1, -0.05) is 23.9 Å². The van der Waals surface area contributed by atoms with E-state index in [2.05, 4.69) is 10.3 Å². The Bertz CT molecular complexity index is 841. The van der Waals surface area contributed by atoms with Gasteiger partial charge in [-0.25, -0.2) is 4.98 Å². The van der Waals surface area contributed by atoms with E-state index in [4.69, 9.17) is 9.15 Å². The molecule has 0 unspecified atom stereocenters. The monoisotopic (exact) mass is 342 g/mol. The molecule has 1 N–H and O–H groups in total. The Labute approximate surface area is 142 Å². The van der Waals surface area contributed by atoms with Crippen LogP contribution in [0.15, 0.2) is 58.2 Å². The number of nitrogens with one attached hydrogen (secondary N) is 1. The van der Waals surface area contributed by atoms with Crippen LogP contribution in [0.5, 0.6) is 5.75 Å². The third-order valence-corrected chi connectivity index (χ3v) is 3.80. The minimum Gasteiger partial charge on any atom is -0.431 e. The molecule has 1 amide bonds. The molecule has 1 heterocycles. The highest BCUT2D eigenvalue weighted by atomic mass is 32.2. The molecule has 3 aromatic rings. The molecule has 0 aliphatic rings. The van der Waals surface area contributed by atoms with E-state index in [9.17, 15) is 9.59 Å². The Hall–Kier alpha value is -2.80. The Balaban J connectivity index is 1.54. The second-order valence-electron chi connectivity index (χ2n) is 4.92.